The van der Waals surface area contributed by atoms with Gasteiger partial charge in [-0.25, -0.2) is 0 Å². The normalized spacial score (nSPS) is 18.8. The van der Waals surface area contributed by atoms with Gasteiger partial charge in [-0.2, -0.15) is 5.10 Å². The fourth-order valence-electron chi connectivity index (χ4n) is 3.01. The summed E-state index contributed by atoms with van der Waals surface area (Å²) in [5.74, 6) is 0.791. The maximum Gasteiger partial charge on any atom is 0.0823 e. The van der Waals surface area contributed by atoms with Gasteiger partial charge in [0.1, 0.15) is 0 Å². The largest absolute Gasteiger partial charge is 0.388 e. The summed E-state index contributed by atoms with van der Waals surface area (Å²) in [6.45, 7) is 7.14. The Labute approximate surface area is 104 Å². The summed E-state index contributed by atoms with van der Waals surface area (Å²) in [5, 5.41) is 14.6. The van der Waals surface area contributed by atoms with Crippen molar-refractivity contribution in [1.82, 2.24) is 9.78 Å². The van der Waals surface area contributed by atoms with Crippen molar-refractivity contribution in [3.63, 3.8) is 0 Å². The molecule has 0 bridgehead atoms. The summed E-state index contributed by atoms with van der Waals surface area (Å²) in [5.41, 5.74) is 3.20. The second-order valence-corrected chi connectivity index (χ2v) is 5.34. The van der Waals surface area contributed by atoms with Crippen molar-refractivity contribution in [3.8, 4) is 0 Å². The van der Waals surface area contributed by atoms with Crippen molar-refractivity contribution >= 4 is 0 Å². The predicted molar refractivity (Wildman–Crippen MR) is 68.9 cm³/mol. The standard InChI is InChI=1S/C14H24N2O/c1-4-13(17)14-10(2)15-16(11(14)3)9-12-7-5-6-8-12/h12-13,17H,4-9H2,1-3H3. The van der Waals surface area contributed by atoms with Crippen LogP contribution in [-0.2, 0) is 6.54 Å². The van der Waals surface area contributed by atoms with E-state index in [1.165, 1.54) is 25.7 Å². The summed E-state index contributed by atoms with van der Waals surface area (Å²) >= 11 is 0. The minimum absolute atomic E-state index is 0.354. The lowest BCUT2D eigenvalue weighted by atomic mass is 10.1. The van der Waals surface area contributed by atoms with Gasteiger partial charge >= 0.3 is 0 Å². The maximum absolute atomic E-state index is 10.0. The summed E-state index contributed by atoms with van der Waals surface area (Å²) in [7, 11) is 0. The van der Waals surface area contributed by atoms with Gasteiger partial charge in [0, 0.05) is 17.8 Å². The van der Waals surface area contributed by atoms with Crippen molar-refractivity contribution < 1.29 is 5.11 Å². The molecule has 1 heterocycles. The van der Waals surface area contributed by atoms with Crippen molar-refractivity contribution in [1.29, 1.82) is 0 Å². The van der Waals surface area contributed by atoms with Crippen LogP contribution in [0.5, 0.6) is 0 Å². The molecular formula is C14H24N2O. The number of nitrogens with zero attached hydrogens (tertiary/aromatic N) is 2. The van der Waals surface area contributed by atoms with Gasteiger partial charge in [0.05, 0.1) is 11.8 Å². The van der Waals surface area contributed by atoms with E-state index in [1.54, 1.807) is 0 Å². The first-order valence-corrected chi connectivity index (χ1v) is 6.85. The van der Waals surface area contributed by atoms with Crippen LogP contribution in [0.15, 0.2) is 0 Å². The molecule has 1 N–H and O–H groups in total. The zero-order chi connectivity index (χ0) is 12.4. The lowest BCUT2D eigenvalue weighted by Gasteiger charge is -2.12. The molecule has 2 rings (SSSR count). The molecule has 1 atom stereocenters. The predicted octanol–water partition coefficient (Wildman–Crippen LogP) is 3.13. The molecule has 1 unspecified atom stereocenters. The van der Waals surface area contributed by atoms with Crippen molar-refractivity contribution in [2.45, 2.75) is 65.5 Å². The van der Waals surface area contributed by atoms with Crippen LogP contribution in [-0.4, -0.2) is 14.9 Å². The number of aryl methyl sites for hydroxylation is 1. The SMILES string of the molecule is CCC(O)c1c(C)nn(CC2CCCC2)c1C. The highest BCUT2D eigenvalue weighted by molar-refractivity contribution is 5.26. The first kappa shape index (κ1) is 12.6. The number of hydrogen-bond acceptors (Lipinski definition) is 2. The zero-order valence-corrected chi connectivity index (χ0v) is 11.2. The van der Waals surface area contributed by atoms with E-state index in [0.29, 0.717) is 0 Å². The molecule has 0 saturated heterocycles. The zero-order valence-electron chi connectivity index (χ0n) is 11.2. The molecule has 0 aliphatic heterocycles. The molecule has 3 heteroatoms. The molecule has 1 aliphatic rings. The highest BCUT2D eigenvalue weighted by Gasteiger charge is 2.21. The lowest BCUT2D eigenvalue weighted by molar-refractivity contribution is 0.172. The molecule has 96 valence electrons. The van der Waals surface area contributed by atoms with Crippen LogP contribution in [0.3, 0.4) is 0 Å². The number of rotatable bonds is 4. The second kappa shape index (κ2) is 5.21. The van der Waals surface area contributed by atoms with E-state index in [0.717, 1.165) is 35.8 Å². The highest BCUT2D eigenvalue weighted by atomic mass is 16.3. The molecule has 0 amide bonds. The minimum atomic E-state index is -0.354. The Bertz CT molecular complexity index is 378. The summed E-state index contributed by atoms with van der Waals surface area (Å²) in [6.07, 6.45) is 5.82. The molecule has 0 aromatic carbocycles. The Hall–Kier alpha value is -0.830. The van der Waals surface area contributed by atoms with Crippen LogP contribution < -0.4 is 0 Å². The third-order valence-electron chi connectivity index (χ3n) is 4.06. The quantitative estimate of drug-likeness (QED) is 0.872. The monoisotopic (exact) mass is 236 g/mol. The van der Waals surface area contributed by atoms with E-state index in [1.807, 2.05) is 13.8 Å². The smallest absolute Gasteiger partial charge is 0.0823 e. The lowest BCUT2D eigenvalue weighted by Crippen LogP contribution is -2.11. The first-order valence-electron chi connectivity index (χ1n) is 6.85. The molecule has 1 aromatic heterocycles. The van der Waals surface area contributed by atoms with Crippen LogP contribution in [0.2, 0.25) is 0 Å². The summed E-state index contributed by atoms with van der Waals surface area (Å²) < 4.78 is 2.11. The van der Waals surface area contributed by atoms with E-state index >= 15 is 0 Å². The van der Waals surface area contributed by atoms with Gasteiger partial charge in [0.25, 0.3) is 0 Å². The number of aliphatic hydroxyl groups excluding tert-OH is 1. The molecule has 1 saturated carbocycles. The van der Waals surface area contributed by atoms with Gasteiger partial charge in [0.2, 0.25) is 0 Å². The Morgan fingerprint density at radius 2 is 2.00 bits per heavy atom. The van der Waals surface area contributed by atoms with E-state index in [-0.39, 0.29) is 6.10 Å². The van der Waals surface area contributed by atoms with E-state index < -0.39 is 0 Å². The van der Waals surface area contributed by atoms with Crippen molar-refractivity contribution in [3.05, 3.63) is 17.0 Å². The second-order valence-electron chi connectivity index (χ2n) is 5.34. The highest BCUT2D eigenvalue weighted by Crippen LogP contribution is 2.29. The fourth-order valence-corrected chi connectivity index (χ4v) is 3.01. The van der Waals surface area contributed by atoms with Gasteiger partial charge in [0.15, 0.2) is 0 Å². The van der Waals surface area contributed by atoms with E-state index in [9.17, 15) is 5.11 Å². The summed E-state index contributed by atoms with van der Waals surface area (Å²) in [6, 6.07) is 0. The Morgan fingerprint density at radius 1 is 1.35 bits per heavy atom. The minimum Gasteiger partial charge on any atom is -0.388 e. The molecule has 17 heavy (non-hydrogen) atoms. The van der Waals surface area contributed by atoms with Crippen LogP contribution in [0.4, 0.5) is 0 Å². The summed E-state index contributed by atoms with van der Waals surface area (Å²) in [4.78, 5) is 0. The average molecular weight is 236 g/mol. The molecule has 0 spiro atoms. The molecule has 0 radical (unpaired) electrons. The van der Waals surface area contributed by atoms with Gasteiger partial charge < -0.3 is 5.11 Å². The Kier molecular flexibility index (Phi) is 3.87. The van der Waals surface area contributed by atoms with Gasteiger partial charge in [-0.1, -0.05) is 19.8 Å². The van der Waals surface area contributed by atoms with E-state index in [2.05, 4.69) is 16.7 Å². The Balaban J connectivity index is 2.17. The fraction of sp³-hybridized carbons (Fsp3) is 0.786. The van der Waals surface area contributed by atoms with Crippen molar-refractivity contribution in [2.24, 2.45) is 5.92 Å². The van der Waals surface area contributed by atoms with Gasteiger partial charge in [-0.3, -0.25) is 4.68 Å². The first-order chi connectivity index (χ1) is 8.13. The van der Waals surface area contributed by atoms with Crippen LogP contribution in [0, 0.1) is 19.8 Å². The third kappa shape index (κ3) is 2.54. The van der Waals surface area contributed by atoms with Crippen molar-refractivity contribution in [2.75, 3.05) is 0 Å². The molecule has 3 nitrogen and oxygen atoms in total. The van der Waals surface area contributed by atoms with Gasteiger partial charge in [-0.15, -0.1) is 0 Å². The number of hydrogen-bond donors (Lipinski definition) is 1. The van der Waals surface area contributed by atoms with Crippen LogP contribution in [0.25, 0.3) is 0 Å². The van der Waals surface area contributed by atoms with E-state index in [4.69, 9.17) is 0 Å². The van der Waals surface area contributed by atoms with Crippen LogP contribution >= 0.6 is 0 Å². The molecule has 1 fully saturated rings. The maximum atomic E-state index is 10.0. The molecule has 1 aromatic rings. The number of aromatic nitrogens is 2. The topological polar surface area (TPSA) is 38.1 Å². The van der Waals surface area contributed by atoms with Gasteiger partial charge in [-0.05, 0) is 39.0 Å². The Morgan fingerprint density at radius 3 is 2.59 bits per heavy atom. The molecular weight excluding hydrogens is 212 g/mol. The third-order valence-corrected chi connectivity index (χ3v) is 4.06. The average Bonchev–Trinajstić information content (AvgIpc) is 2.89. The van der Waals surface area contributed by atoms with Crippen LogP contribution in [0.1, 0.15) is 62.1 Å². The molecule has 1 aliphatic carbocycles. The number of aliphatic hydroxyl groups is 1.